The molecular weight excluding hydrogens is 336 g/mol. The number of carbonyl (C=O) groups excluding carboxylic acids is 1. The van der Waals surface area contributed by atoms with Crippen molar-refractivity contribution in [3.63, 3.8) is 0 Å². The Labute approximate surface area is 153 Å². The van der Waals surface area contributed by atoms with Crippen LogP contribution >= 0.6 is 11.6 Å². The maximum atomic E-state index is 12.5. The summed E-state index contributed by atoms with van der Waals surface area (Å²) in [5.74, 6) is 0.581. The van der Waals surface area contributed by atoms with Crippen LogP contribution in [0.5, 0.6) is 5.75 Å². The maximum Gasteiger partial charge on any atom is 0.255 e. The van der Waals surface area contributed by atoms with Crippen molar-refractivity contribution in [3.8, 4) is 5.75 Å². The normalized spacial score (nSPS) is 13.0. The lowest BCUT2D eigenvalue weighted by atomic mass is 10.1. The molecule has 130 valence electrons. The van der Waals surface area contributed by atoms with Crippen LogP contribution in [0, 0.1) is 0 Å². The molecule has 2 aromatic carbocycles. The summed E-state index contributed by atoms with van der Waals surface area (Å²) in [5.41, 5.74) is 3.42. The molecule has 0 saturated heterocycles. The van der Waals surface area contributed by atoms with Gasteiger partial charge in [-0.15, -0.1) is 0 Å². The average Bonchev–Trinajstić information content (AvgIpc) is 2.60. The molecule has 0 spiro atoms. The molecule has 0 atom stereocenters. The van der Waals surface area contributed by atoms with E-state index in [0.717, 1.165) is 30.0 Å². The van der Waals surface area contributed by atoms with Gasteiger partial charge in [0, 0.05) is 22.8 Å². The first-order chi connectivity index (χ1) is 12.0. The van der Waals surface area contributed by atoms with Crippen LogP contribution in [0.1, 0.15) is 11.1 Å². The van der Waals surface area contributed by atoms with Gasteiger partial charge in [0.2, 0.25) is 0 Å². The molecule has 5 heteroatoms. The summed E-state index contributed by atoms with van der Waals surface area (Å²) in [5, 5.41) is 3.54. The monoisotopic (exact) mass is 356 g/mol. The molecule has 1 N–H and O–H groups in total. The number of amides is 1. The number of carbonyl (C=O) groups is 1. The Balaban J connectivity index is 1.66. The number of nitrogens with zero attached hydrogens (tertiary/aromatic N) is 1. The van der Waals surface area contributed by atoms with E-state index in [1.165, 1.54) is 5.56 Å². The van der Waals surface area contributed by atoms with E-state index in [0.29, 0.717) is 10.6 Å². The van der Waals surface area contributed by atoms with Crippen LogP contribution < -0.4 is 10.1 Å². The highest BCUT2D eigenvalue weighted by Crippen LogP contribution is 2.29. The third-order valence-corrected chi connectivity index (χ3v) is 4.27. The van der Waals surface area contributed by atoms with Crippen LogP contribution in [0.25, 0.3) is 6.08 Å². The van der Waals surface area contributed by atoms with Gasteiger partial charge >= 0.3 is 0 Å². The highest BCUT2D eigenvalue weighted by molar-refractivity contribution is 6.30. The molecular formula is C20H21ClN2O2. The van der Waals surface area contributed by atoms with Gasteiger partial charge in [-0.2, -0.15) is 0 Å². The third kappa shape index (κ3) is 4.62. The predicted octanol–water partition coefficient (Wildman–Crippen LogP) is 3.86. The van der Waals surface area contributed by atoms with Gasteiger partial charge in [-0.1, -0.05) is 23.7 Å². The fourth-order valence-electron chi connectivity index (χ4n) is 2.60. The first-order valence-corrected chi connectivity index (χ1v) is 8.57. The second-order valence-corrected chi connectivity index (χ2v) is 6.78. The molecule has 0 saturated carbocycles. The number of rotatable bonds is 5. The highest BCUT2D eigenvalue weighted by Gasteiger charge is 2.17. The van der Waals surface area contributed by atoms with Crippen LogP contribution in [0.3, 0.4) is 0 Å². The molecule has 1 heterocycles. The second kappa shape index (κ2) is 7.72. The molecule has 0 fully saturated rings. The molecule has 4 nitrogen and oxygen atoms in total. The van der Waals surface area contributed by atoms with Crippen molar-refractivity contribution in [1.29, 1.82) is 0 Å². The summed E-state index contributed by atoms with van der Waals surface area (Å²) >= 11 is 6.01. The Bertz CT molecular complexity index is 798. The van der Waals surface area contributed by atoms with Crippen molar-refractivity contribution in [1.82, 2.24) is 4.90 Å². The number of benzene rings is 2. The van der Waals surface area contributed by atoms with Crippen LogP contribution in [-0.2, 0) is 11.2 Å². The van der Waals surface area contributed by atoms with Gasteiger partial charge in [0.1, 0.15) is 12.4 Å². The second-order valence-electron chi connectivity index (χ2n) is 6.34. The summed E-state index contributed by atoms with van der Waals surface area (Å²) in [4.78, 5) is 14.6. The number of likely N-dealkylation sites (N-methyl/N-ethyl adjacent to an activating group) is 1. The van der Waals surface area contributed by atoms with Crippen molar-refractivity contribution in [3.05, 3.63) is 64.2 Å². The van der Waals surface area contributed by atoms with E-state index in [2.05, 4.69) is 24.3 Å². The minimum atomic E-state index is -0.160. The molecule has 0 aliphatic carbocycles. The summed E-state index contributed by atoms with van der Waals surface area (Å²) < 4.78 is 5.63. The van der Waals surface area contributed by atoms with E-state index in [1.807, 2.05) is 36.4 Å². The topological polar surface area (TPSA) is 41.6 Å². The maximum absolute atomic E-state index is 12.5. The quantitative estimate of drug-likeness (QED) is 0.884. The van der Waals surface area contributed by atoms with Crippen molar-refractivity contribution >= 4 is 29.3 Å². The van der Waals surface area contributed by atoms with Crippen molar-refractivity contribution < 1.29 is 9.53 Å². The Morgan fingerprint density at radius 3 is 2.68 bits per heavy atom. The largest absolute Gasteiger partial charge is 0.488 e. The molecule has 1 amide bonds. The standard InChI is InChI=1S/C20H21ClN2O2/c1-23(2)10-9-14-3-6-18(7-4-14)22-20(24)16-11-15-12-17(21)5-8-19(15)25-13-16/h3-8,11-12H,9-10,13H2,1-2H3,(H,22,24). The number of nitrogens with one attached hydrogen (secondary N) is 1. The van der Waals surface area contributed by atoms with E-state index in [9.17, 15) is 4.79 Å². The highest BCUT2D eigenvalue weighted by atomic mass is 35.5. The first-order valence-electron chi connectivity index (χ1n) is 8.19. The van der Waals surface area contributed by atoms with Crippen molar-refractivity contribution in [2.45, 2.75) is 6.42 Å². The number of hydrogen-bond donors (Lipinski definition) is 1. The molecule has 0 bridgehead atoms. The Hall–Kier alpha value is -2.30. The zero-order valence-electron chi connectivity index (χ0n) is 14.4. The molecule has 3 rings (SSSR count). The van der Waals surface area contributed by atoms with Gasteiger partial charge in [0.05, 0.1) is 5.57 Å². The lowest BCUT2D eigenvalue weighted by Crippen LogP contribution is -2.21. The fourth-order valence-corrected chi connectivity index (χ4v) is 2.78. The molecule has 0 aromatic heterocycles. The smallest absolute Gasteiger partial charge is 0.255 e. The zero-order chi connectivity index (χ0) is 17.8. The van der Waals surface area contributed by atoms with Crippen molar-refractivity contribution in [2.24, 2.45) is 0 Å². The Morgan fingerprint density at radius 1 is 1.20 bits per heavy atom. The van der Waals surface area contributed by atoms with Gasteiger partial charge in [0.25, 0.3) is 5.91 Å². The summed E-state index contributed by atoms with van der Waals surface area (Å²) in [6.45, 7) is 1.25. The van der Waals surface area contributed by atoms with Crippen LogP contribution in [0.2, 0.25) is 5.02 Å². The molecule has 25 heavy (non-hydrogen) atoms. The first kappa shape index (κ1) is 17.5. The zero-order valence-corrected chi connectivity index (χ0v) is 15.1. The Kier molecular flexibility index (Phi) is 5.41. The van der Waals surface area contributed by atoms with Crippen LogP contribution in [0.15, 0.2) is 48.0 Å². The molecule has 1 aliphatic rings. The number of anilines is 1. The van der Waals surface area contributed by atoms with E-state index in [4.69, 9.17) is 16.3 Å². The number of ether oxygens (including phenoxy) is 1. The third-order valence-electron chi connectivity index (χ3n) is 4.04. The van der Waals surface area contributed by atoms with Gasteiger partial charge < -0.3 is 15.0 Å². The van der Waals surface area contributed by atoms with Gasteiger partial charge in [-0.25, -0.2) is 0 Å². The van der Waals surface area contributed by atoms with E-state index in [-0.39, 0.29) is 12.5 Å². The lowest BCUT2D eigenvalue weighted by molar-refractivity contribution is -0.113. The van der Waals surface area contributed by atoms with Crippen LogP contribution in [-0.4, -0.2) is 38.1 Å². The SMILES string of the molecule is CN(C)CCc1ccc(NC(=O)C2=Cc3cc(Cl)ccc3OC2)cc1. The number of halogens is 1. The fraction of sp³-hybridized carbons (Fsp3) is 0.250. The summed E-state index contributed by atoms with van der Waals surface area (Å²) in [7, 11) is 4.11. The van der Waals surface area contributed by atoms with Crippen LogP contribution in [0.4, 0.5) is 5.69 Å². The minimum Gasteiger partial charge on any atom is -0.488 e. The molecule has 2 aromatic rings. The predicted molar refractivity (Wildman–Crippen MR) is 102 cm³/mol. The van der Waals surface area contributed by atoms with Gasteiger partial charge in [-0.05, 0) is 62.5 Å². The molecule has 0 radical (unpaired) electrons. The van der Waals surface area contributed by atoms with E-state index in [1.54, 1.807) is 12.1 Å². The average molecular weight is 357 g/mol. The summed E-state index contributed by atoms with van der Waals surface area (Å²) in [6, 6.07) is 13.3. The van der Waals surface area contributed by atoms with E-state index >= 15 is 0 Å². The Morgan fingerprint density at radius 2 is 1.96 bits per heavy atom. The minimum absolute atomic E-state index is 0.160. The van der Waals surface area contributed by atoms with E-state index < -0.39 is 0 Å². The van der Waals surface area contributed by atoms with Gasteiger partial charge in [0.15, 0.2) is 0 Å². The molecule has 1 aliphatic heterocycles. The lowest BCUT2D eigenvalue weighted by Gasteiger charge is -2.18. The van der Waals surface area contributed by atoms with Gasteiger partial charge in [-0.3, -0.25) is 4.79 Å². The molecule has 0 unspecified atom stereocenters. The number of fused-ring (bicyclic) bond motifs is 1. The number of hydrogen-bond acceptors (Lipinski definition) is 3. The van der Waals surface area contributed by atoms with Crippen molar-refractivity contribution in [2.75, 3.05) is 32.6 Å². The summed E-state index contributed by atoms with van der Waals surface area (Å²) in [6.07, 6.45) is 2.81.